The molecule has 0 bridgehead atoms. The second kappa shape index (κ2) is 11.4. The third kappa shape index (κ3) is 6.10. The quantitative estimate of drug-likeness (QED) is 0.131. The molecule has 0 saturated carbocycles. The molecule has 0 aromatic heterocycles. The van der Waals surface area contributed by atoms with Crippen LogP contribution in [0.3, 0.4) is 0 Å². The van der Waals surface area contributed by atoms with Crippen LogP contribution in [0.4, 0.5) is 0 Å². The van der Waals surface area contributed by atoms with E-state index in [9.17, 15) is 40.2 Å². The molecule has 0 aromatic rings. The number of hydrogen-bond donors (Lipinski definition) is 9. The first-order valence-electron chi connectivity index (χ1n) is 7.73. The van der Waals surface area contributed by atoms with Gasteiger partial charge in [0.25, 0.3) is 0 Å². The molecule has 2 atom stereocenters. The van der Waals surface area contributed by atoms with Crippen LogP contribution in [0, 0.1) is 5.92 Å². The lowest BCUT2D eigenvalue weighted by Crippen LogP contribution is -2.66. The topological polar surface area (TPSA) is 209 Å². The Balaban J connectivity index is 5.60. The standard InChI is InChI=1S/C14H28N2O10/c1-26-11(14(7-20,8-21)16-3-10(22)23)9(12(24)25)2-15-13(4-17,5-18)6-19/h9,11,15-21H,2-8H2,1H3,(H,22,23)(H,24,25). The van der Waals surface area contributed by atoms with E-state index in [2.05, 4.69) is 10.6 Å². The van der Waals surface area contributed by atoms with Gasteiger partial charge >= 0.3 is 11.9 Å². The lowest BCUT2D eigenvalue weighted by Gasteiger charge is -2.41. The van der Waals surface area contributed by atoms with Gasteiger partial charge in [-0.2, -0.15) is 0 Å². The molecule has 0 amide bonds. The van der Waals surface area contributed by atoms with Gasteiger partial charge in [-0.25, -0.2) is 0 Å². The number of carbonyl (C=O) groups is 2. The molecule has 12 heteroatoms. The van der Waals surface area contributed by atoms with Crippen molar-refractivity contribution in [3.8, 4) is 0 Å². The van der Waals surface area contributed by atoms with Gasteiger partial charge in [0.15, 0.2) is 0 Å². The van der Waals surface area contributed by atoms with E-state index < -0.39 is 81.2 Å². The molecule has 0 aliphatic heterocycles. The van der Waals surface area contributed by atoms with Gasteiger partial charge in [0.2, 0.25) is 0 Å². The van der Waals surface area contributed by atoms with Crippen LogP contribution < -0.4 is 10.6 Å². The van der Waals surface area contributed by atoms with Crippen molar-refractivity contribution in [1.82, 2.24) is 10.6 Å². The fourth-order valence-corrected chi connectivity index (χ4v) is 2.44. The summed E-state index contributed by atoms with van der Waals surface area (Å²) in [5, 5.41) is 70.5. The average molecular weight is 384 g/mol. The maximum atomic E-state index is 11.7. The fourth-order valence-electron chi connectivity index (χ4n) is 2.44. The maximum absolute atomic E-state index is 11.7. The van der Waals surface area contributed by atoms with E-state index in [-0.39, 0.29) is 0 Å². The summed E-state index contributed by atoms with van der Waals surface area (Å²) < 4.78 is 5.14. The molecule has 0 aliphatic rings. The molecule has 0 rings (SSSR count). The molecule has 154 valence electrons. The summed E-state index contributed by atoms with van der Waals surface area (Å²) in [6.45, 7) is -4.82. The lowest BCUT2D eigenvalue weighted by molar-refractivity contribution is -0.153. The van der Waals surface area contributed by atoms with Crippen LogP contribution in [0.1, 0.15) is 0 Å². The first-order chi connectivity index (χ1) is 12.2. The van der Waals surface area contributed by atoms with Crippen molar-refractivity contribution in [3.05, 3.63) is 0 Å². The second-order valence-corrected chi connectivity index (χ2v) is 5.96. The minimum atomic E-state index is -1.79. The Hall–Kier alpha value is -1.38. The minimum absolute atomic E-state index is 0.425. The second-order valence-electron chi connectivity index (χ2n) is 5.96. The highest BCUT2D eigenvalue weighted by molar-refractivity contribution is 5.72. The first-order valence-corrected chi connectivity index (χ1v) is 7.73. The summed E-state index contributed by atoms with van der Waals surface area (Å²) in [5.74, 6) is -4.14. The van der Waals surface area contributed by atoms with E-state index >= 15 is 0 Å². The van der Waals surface area contributed by atoms with Crippen LogP contribution in [0.5, 0.6) is 0 Å². The Bertz CT molecular complexity index is 431. The van der Waals surface area contributed by atoms with E-state index in [0.717, 1.165) is 7.11 Å². The Labute approximate surface area is 150 Å². The maximum Gasteiger partial charge on any atom is 0.317 e. The Kier molecular flexibility index (Phi) is 10.8. The number of aliphatic carboxylic acids is 2. The van der Waals surface area contributed by atoms with E-state index in [1.165, 1.54) is 0 Å². The van der Waals surface area contributed by atoms with Crippen molar-refractivity contribution in [2.75, 3.05) is 53.2 Å². The van der Waals surface area contributed by atoms with Crippen LogP contribution >= 0.6 is 0 Å². The summed E-state index contributed by atoms with van der Waals surface area (Å²) in [6.07, 6.45) is -1.39. The monoisotopic (exact) mass is 384 g/mol. The molecule has 0 heterocycles. The van der Waals surface area contributed by atoms with Crippen LogP contribution in [0.15, 0.2) is 0 Å². The number of carboxylic acids is 2. The van der Waals surface area contributed by atoms with Crippen LogP contribution in [0.25, 0.3) is 0 Å². The molecular weight excluding hydrogens is 356 g/mol. The van der Waals surface area contributed by atoms with Crippen molar-refractivity contribution in [1.29, 1.82) is 0 Å². The van der Waals surface area contributed by atoms with Crippen LogP contribution in [0.2, 0.25) is 0 Å². The number of ether oxygens (including phenoxy) is 1. The molecule has 12 nitrogen and oxygen atoms in total. The molecule has 0 saturated heterocycles. The first kappa shape index (κ1) is 24.6. The molecular formula is C14H28N2O10. The zero-order chi connectivity index (χ0) is 20.4. The number of nitrogens with one attached hydrogen (secondary N) is 2. The Morgan fingerprint density at radius 2 is 1.42 bits per heavy atom. The smallest absolute Gasteiger partial charge is 0.317 e. The van der Waals surface area contributed by atoms with E-state index in [1.807, 2.05) is 0 Å². The van der Waals surface area contributed by atoms with Crippen molar-refractivity contribution < 1.29 is 50.1 Å². The van der Waals surface area contributed by atoms with Gasteiger partial charge < -0.3 is 45.8 Å². The Morgan fingerprint density at radius 3 is 1.73 bits per heavy atom. The molecule has 0 aliphatic carbocycles. The highest BCUT2D eigenvalue weighted by Crippen LogP contribution is 2.22. The molecule has 9 N–H and O–H groups in total. The van der Waals surface area contributed by atoms with E-state index in [4.69, 9.17) is 9.84 Å². The third-order valence-electron chi connectivity index (χ3n) is 4.24. The summed E-state index contributed by atoms with van der Waals surface area (Å²) in [5.41, 5.74) is -3.35. The fraction of sp³-hybridized carbons (Fsp3) is 0.857. The van der Waals surface area contributed by atoms with Gasteiger partial charge in [0.1, 0.15) is 0 Å². The molecule has 0 fully saturated rings. The van der Waals surface area contributed by atoms with Crippen molar-refractivity contribution in [3.63, 3.8) is 0 Å². The van der Waals surface area contributed by atoms with Crippen LogP contribution in [-0.4, -0.2) is 118 Å². The van der Waals surface area contributed by atoms with Gasteiger partial charge in [-0.05, 0) is 0 Å². The molecule has 26 heavy (non-hydrogen) atoms. The summed E-state index contributed by atoms with van der Waals surface area (Å²) in [7, 11) is 1.13. The summed E-state index contributed by atoms with van der Waals surface area (Å²) in [6, 6.07) is 0. The number of carboxylic acid groups (broad SMARTS) is 2. The molecule has 0 radical (unpaired) electrons. The Morgan fingerprint density at radius 1 is 0.923 bits per heavy atom. The molecule has 0 spiro atoms. The minimum Gasteiger partial charge on any atom is -0.481 e. The molecule has 2 unspecified atom stereocenters. The number of rotatable bonds is 15. The number of aliphatic hydroxyl groups excluding tert-OH is 5. The summed E-state index contributed by atoms with van der Waals surface area (Å²) in [4.78, 5) is 22.5. The normalized spacial score (nSPS) is 14.8. The van der Waals surface area contributed by atoms with Gasteiger partial charge in [-0.3, -0.25) is 14.9 Å². The van der Waals surface area contributed by atoms with E-state index in [1.54, 1.807) is 0 Å². The number of methoxy groups -OCH3 is 1. The summed E-state index contributed by atoms with van der Waals surface area (Å²) >= 11 is 0. The average Bonchev–Trinajstić information content (AvgIpc) is 2.64. The number of hydrogen-bond acceptors (Lipinski definition) is 10. The zero-order valence-corrected chi connectivity index (χ0v) is 14.5. The van der Waals surface area contributed by atoms with Gasteiger partial charge in [-0.15, -0.1) is 0 Å². The van der Waals surface area contributed by atoms with E-state index in [0.29, 0.717) is 0 Å². The van der Waals surface area contributed by atoms with Crippen molar-refractivity contribution in [2.24, 2.45) is 5.92 Å². The predicted molar refractivity (Wildman–Crippen MR) is 86.5 cm³/mol. The highest BCUT2D eigenvalue weighted by atomic mass is 16.5. The SMILES string of the molecule is COC(C(CNC(CO)(CO)CO)C(=O)O)C(CO)(CO)NCC(=O)O. The van der Waals surface area contributed by atoms with Gasteiger partial charge in [-0.1, -0.05) is 0 Å². The molecule has 0 aromatic carbocycles. The third-order valence-corrected chi connectivity index (χ3v) is 4.24. The van der Waals surface area contributed by atoms with Gasteiger partial charge in [0, 0.05) is 13.7 Å². The predicted octanol–water partition coefficient (Wildman–Crippen LogP) is -4.59. The van der Waals surface area contributed by atoms with Crippen LogP contribution in [-0.2, 0) is 14.3 Å². The van der Waals surface area contributed by atoms with Gasteiger partial charge in [0.05, 0.1) is 62.7 Å². The number of aliphatic hydroxyl groups is 5. The lowest BCUT2D eigenvalue weighted by atomic mass is 9.83. The van der Waals surface area contributed by atoms with Crippen molar-refractivity contribution in [2.45, 2.75) is 17.2 Å². The highest BCUT2D eigenvalue weighted by Gasteiger charge is 2.46. The largest absolute Gasteiger partial charge is 0.481 e. The zero-order valence-electron chi connectivity index (χ0n) is 14.5. The van der Waals surface area contributed by atoms with Crippen molar-refractivity contribution >= 4 is 11.9 Å².